The van der Waals surface area contributed by atoms with Gasteiger partial charge in [0.1, 0.15) is 29.0 Å². The summed E-state index contributed by atoms with van der Waals surface area (Å²) in [5.74, 6) is -1.58. The van der Waals surface area contributed by atoms with Crippen molar-refractivity contribution in [1.29, 1.82) is 0 Å². The standard InChI is InChI=1S/C16H22F2N2O3/c1-16(2,3)23-15(21)20-6-4-11(5-7-20)22-13-9-10(17)8-12(18)14(13)19/h8-9,11H,4-7,19H2,1-3H3. The predicted octanol–water partition coefficient (Wildman–Crippen LogP) is 3.33. The van der Waals surface area contributed by atoms with Crippen molar-refractivity contribution >= 4 is 11.8 Å². The molecule has 0 unspecified atom stereocenters. The third-order valence-electron chi connectivity index (χ3n) is 3.44. The molecule has 0 aliphatic carbocycles. The number of carbonyl (C=O) groups is 1. The van der Waals surface area contributed by atoms with Gasteiger partial charge in [-0.3, -0.25) is 0 Å². The van der Waals surface area contributed by atoms with Gasteiger partial charge in [0.2, 0.25) is 0 Å². The van der Waals surface area contributed by atoms with Crippen LogP contribution in [0.15, 0.2) is 12.1 Å². The van der Waals surface area contributed by atoms with E-state index in [1.54, 1.807) is 4.90 Å². The van der Waals surface area contributed by atoms with Crippen LogP contribution in [0.5, 0.6) is 5.75 Å². The van der Waals surface area contributed by atoms with E-state index in [0.717, 1.165) is 6.07 Å². The van der Waals surface area contributed by atoms with Crippen LogP contribution < -0.4 is 10.5 Å². The maximum Gasteiger partial charge on any atom is 0.410 e. The molecule has 7 heteroatoms. The zero-order valence-electron chi connectivity index (χ0n) is 13.6. The summed E-state index contributed by atoms with van der Waals surface area (Å²) in [4.78, 5) is 13.6. The topological polar surface area (TPSA) is 64.8 Å². The number of nitrogens with zero attached hydrogens (tertiary/aromatic N) is 1. The molecule has 1 fully saturated rings. The van der Waals surface area contributed by atoms with Gasteiger partial charge in [-0.15, -0.1) is 0 Å². The lowest BCUT2D eigenvalue weighted by Gasteiger charge is -2.33. The molecule has 1 amide bonds. The Balaban J connectivity index is 1.92. The van der Waals surface area contributed by atoms with Crippen LogP contribution in [0, 0.1) is 11.6 Å². The van der Waals surface area contributed by atoms with Gasteiger partial charge in [-0.05, 0) is 20.8 Å². The summed E-state index contributed by atoms with van der Waals surface area (Å²) in [5.41, 5.74) is 4.81. The minimum Gasteiger partial charge on any atom is -0.488 e. The second-order valence-corrected chi connectivity index (χ2v) is 6.58. The predicted molar refractivity (Wildman–Crippen MR) is 82.2 cm³/mol. The molecule has 0 atom stereocenters. The molecule has 1 aromatic rings. The molecule has 1 aliphatic heterocycles. The number of amides is 1. The van der Waals surface area contributed by atoms with Crippen molar-refractivity contribution in [2.75, 3.05) is 18.8 Å². The van der Waals surface area contributed by atoms with Crippen LogP contribution in [0.2, 0.25) is 0 Å². The van der Waals surface area contributed by atoms with Gasteiger partial charge in [-0.1, -0.05) is 0 Å². The van der Waals surface area contributed by atoms with Crippen molar-refractivity contribution < 1.29 is 23.0 Å². The lowest BCUT2D eigenvalue weighted by molar-refractivity contribution is 0.0127. The Bertz CT molecular complexity index is 579. The molecule has 0 spiro atoms. The number of ether oxygens (including phenoxy) is 2. The van der Waals surface area contributed by atoms with Crippen LogP contribution in [-0.2, 0) is 4.74 Å². The molecule has 5 nitrogen and oxygen atoms in total. The molecule has 23 heavy (non-hydrogen) atoms. The first kappa shape index (κ1) is 17.3. The summed E-state index contributed by atoms with van der Waals surface area (Å²) in [6.45, 7) is 6.33. The van der Waals surface area contributed by atoms with Crippen LogP contribution in [0.4, 0.5) is 19.3 Å². The molecule has 0 aromatic heterocycles. The fourth-order valence-electron chi connectivity index (χ4n) is 2.32. The van der Waals surface area contributed by atoms with Gasteiger partial charge < -0.3 is 20.1 Å². The Kier molecular flexibility index (Phi) is 4.97. The first-order valence-electron chi connectivity index (χ1n) is 7.55. The number of hydrogen-bond acceptors (Lipinski definition) is 4. The quantitative estimate of drug-likeness (QED) is 0.846. The van der Waals surface area contributed by atoms with E-state index >= 15 is 0 Å². The van der Waals surface area contributed by atoms with E-state index in [2.05, 4.69) is 0 Å². The largest absolute Gasteiger partial charge is 0.488 e. The number of hydrogen-bond donors (Lipinski definition) is 1. The summed E-state index contributed by atoms with van der Waals surface area (Å²) in [6, 6.07) is 1.78. The Morgan fingerprint density at radius 2 is 1.87 bits per heavy atom. The highest BCUT2D eigenvalue weighted by atomic mass is 19.1. The summed E-state index contributed by atoms with van der Waals surface area (Å²) in [5, 5.41) is 0. The lowest BCUT2D eigenvalue weighted by Crippen LogP contribution is -2.44. The number of halogens is 2. The van der Waals surface area contributed by atoms with Gasteiger partial charge in [0.05, 0.1) is 0 Å². The fraction of sp³-hybridized carbons (Fsp3) is 0.562. The summed E-state index contributed by atoms with van der Waals surface area (Å²) in [6.07, 6.45) is 0.456. The van der Waals surface area contributed by atoms with Gasteiger partial charge in [-0.25, -0.2) is 13.6 Å². The van der Waals surface area contributed by atoms with E-state index < -0.39 is 17.2 Å². The van der Waals surface area contributed by atoms with Crippen LogP contribution >= 0.6 is 0 Å². The molecule has 1 aromatic carbocycles. The third kappa shape index (κ3) is 4.71. The van der Waals surface area contributed by atoms with E-state index in [1.165, 1.54) is 0 Å². The highest BCUT2D eigenvalue weighted by molar-refractivity contribution is 5.68. The monoisotopic (exact) mass is 328 g/mol. The van der Waals surface area contributed by atoms with E-state index in [-0.39, 0.29) is 23.6 Å². The Morgan fingerprint density at radius 1 is 1.26 bits per heavy atom. The molecule has 0 saturated carbocycles. The first-order chi connectivity index (χ1) is 10.7. The second kappa shape index (κ2) is 6.60. The highest BCUT2D eigenvalue weighted by Gasteiger charge is 2.28. The number of anilines is 1. The summed E-state index contributed by atoms with van der Waals surface area (Å²) < 4.78 is 37.5. The molecule has 0 radical (unpaired) electrons. The molecule has 128 valence electrons. The fourth-order valence-corrected chi connectivity index (χ4v) is 2.32. The van der Waals surface area contributed by atoms with Crippen molar-refractivity contribution in [3.05, 3.63) is 23.8 Å². The number of carbonyl (C=O) groups excluding carboxylic acids is 1. The maximum atomic E-state index is 13.4. The van der Waals surface area contributed by atoms with Crippen molar-refractivity contribution in [2.45, 2.75) is 45.3 Å². The molecule has 0 bridgehead atoms. The number of nitrogens with two attached hydrogens (primary N) is 1. The summed E-state index contributed by atoms with van der Waals surface area (Å²) in [7, 11) is 0. The maximum absolute atomic E-state index is 13.4. The van der Waals surface area contributed by atoms with Gasteiger partial charge in [0, 0.05) is 38.1 Å². The van der Waals surface area contributed by atoms with E-state index in [1.807, 2.05) is 20.8 Å². The van der Waals surface area contributed by atoms with Crippen molar-refractivity contribution in [2.24, 2.45) is 0 Å². The lowest BCUT2D eigenvalue weighted by atomic mass is 10.1. The van der Waals surface area contributed by atoms with Gasteiger partial charge in [-0.2, -0.15) is 0 Å². The highest BCUT2D eigenvalue weighted by Crippen LogP contribution is 2.29. The van der Waals surface area contributed by atoms with Gasteiger partial charge >= 0.3 is 6.09 Å². The average Bonchev–Trinajstić information content (AvgIpc) is 2.43. The third-order valence-corrected chi connectivity index (χ3v) is 3.44. The number of benzene rings is 1. The number of likely N-dealkylation sites (tertiary alicyclic amines) is 1. The van der Waals surface area contributed by atoms with E-state index in [9.17, 15) is 13.6 Å². The Hall–Kier alpha value is -2.05. The minimum absolute atomic E-state index is 0.00165. The zero-order chi connectivity index (χ0) is 17.2. The molecular formula is C16H22F2N2O3. The normalized spacial score (nSPS) is 16.3. The summed E-state index contributed by atoms with van der Waals surface area (Å²) >= 11 is 0. The Morgan fingerprint density at radius 3 is 2.43 bits per heavy atom. The van der Waals surface area contributed by atoms with E-state index in [4.69, 9.17) is 15.2 Å². The molecule has 1 heterocycles. The molecule has 2 rings (SSSR count). The SMILES string of the molecule is CC(C)(C)OC(=O)N1CCC(Oc2cc(F)cc(F)c2N)CC1. The molecular weight excluding hydrogens is 306 g/mol. The second-order valence-electron chi connectivity index (χ2n) is 6.58. The van der Waals surface area contributed by atoms with Crippen molar-refractivity contribution in [3.8, 4) is 5.75 Å². The van der Waals surface area contributed by atoms with Crippen molar-refractivity contribution in [3.63, 3.8) is 0 Å². The van der Waals surface area contributed by atoms with Gasteiger partial charge in [0.25, 0.3) is 0 Å². The van der Waals surface area contributed by atoms with E-state index in [0.29, 0.717) is 32.0 Å². The molecule has 1 aliphatic rings. The Labute approximate surface area is 134 Å². The zero-order valence-corrected chi connectivity index (χ0v) is 13.6. The van der Waals surface area contributed by atoms with Crippen LogP contribution in [-0.4, -0.2) is 35.8 Å². The van der Waals surface area contributed by atoms with Gasteiger partial charge in [0.15, 0.2) is 5.82 Å². The average molecular weight is 328 g/mol. The van der Waals surface area contributed by atoms with Crippen molar-refractivity contribution in [1.82, 2.24) is 4.90 Å². The smallest absolute Gasteiger partial charge is 0.410 e. The minimum atomic E-state index is -0.841. The van der Waals surface area contributed by atoms with Crippen LogP contribution in [0.1, 0.15) is 33.6 Å². The number of nitrogen functional groups attached to an aromatic ring is 1. The number of rotatable bonds is 2. The van der Waals surface area contributed by atoms with Crippen LogP contribution in [0.25, 0.3) is 0 Å². The molecule has 2 N–H and O–H groups in total. The number of piperidine rings is 1. The first-order valence-corrected chi connectivity index (χ1v) is 7.55. The van der Waals surface area contributed by atoms with Crippen LogP contribution in [0.3, 0.4) is 0 Å². The molecule has 1 saturated heterocycles.